The first-order valence-corrected chi connectivity index (χ1v) is 10.5. The minimum absolute atomic E-state index is 0.139. The van der Waals surface area contributed by atoms with Gasteiger partial charge in [-0.2, -0.15) is 5.10 Å². The van der Waals surface area contributed by atoms with Crippen molar-refractivity contribution in [2.45, 2.75) is 33.4 Å². The lowest BCUT2D eigenvalue weighted by Crippen LogP contribution is -2.25. The predicted molar refractivity (Wildman–Crippen MR) is 116 cm³/mol. The molecule has 3 aromatic rings. The summed E-state index contributed by atoms with van der Waals surface area (Å²) in [6.07, 6.45) is 0.754. The van der Waals surface area contributed by atoms with E-state index >= 15 is 0 Å². The molecular formula is C20H20BrCl2N3O3. The van der Waals surface area contributed by atoms with Gasteiger partial charge in [0.2, 0.25) is 0 Å². The van der Waals surface area contributed by atoms with Gasteiger partial charge in [-0.1, -0.05) is 29.3 Å². The first kappa shape index (κ1) is 21.7. The summed E-state index contributed by atoms with van der Waals surface area (Å²) in [6, 6.07) is 8.45. The van der Waals surface area contributed by atoms with Crippen LogP contribution in [0.5, 0.6) is 5.75 Å². The number of hydrogen-bond acceptors (Lipinski definition) is 4. The number of benzene rings is 1. The Labute approximate surface area is 187 Å². The lowest BCUT2D eigenvalue weighted by molar-refractivity contribution is 0.0920. The van der Waals surface area contributed by atoms with Crippen LogP contribution in [0, 0.1) is 13.8 Å². The number of nitrogens with one attached hydrogen (secondary N) is 1. The molecule has 0 unspecified atom stereocenters. The number of amides is 1. The Morgan fingerprint density at radius 1 is 1.28 bits per heavy atom. The van der Waals surface area contributed by atoms with Gasteiger partial charge >= 0.3 is 0 Å². The van der Waals surface area contributed by atoms with Crippen molar-refractivity contribution in [3.05, 3.63) is 67.8 Å². The number of halogens is 3. The highest BCUT2D eigenvalue weighted by atomic mass is 79.9. The normalized spacial score (nSPS) is 10.9. The maximum Gasteiger partial charge on any atom is 0.286 e. The van der Waals surface area contributed by atoms with E-state index in [1.165, 1.54) is 0 Å². The third-order valence-electron chi connectivity index (χ3n) is 4.30. The van der Waals surface area contributed by atoms with Gasteiger partial charge in [0.1, 0.15) is 23.1 Å². The molecule has 0 saturated carbocycles. The Morgan fingerprint density at radius 3 is 2.79 bits per heavy atom. The van der Waals surface area contributed by atoms with Gasteiger partial charge in [-0.05, 0) is 60.5 Å². The van der Waals surface area contributed by atoms with Crippen LogP contribution in [0.3, 0.4) is 0 Å². The Balaban J connectivity index is 1.46. The van der Waals surface area contributed by atoms with Crippen LogP contribution in [0.25, 0.3) is 0 Å². The second-order valence-corrected chi connectivity index (χ2v) is 8.00. The fourth-order valence-corrected chi connectivity index (χ4v) is 3.36. The summed E-state index contributed by atoms with van der Waals surface area (Å²) in [5, 5.41) is 8.06. The Morgan fingerprint density at radius 2 is 2.07 bits per heavy atom. The summed E-state index contributed by atoms with van der Waals surface area (Å²) in [5.41, 5.74) is 2.03. The molecule has 1 aromatic carbocycles. The molecule has 1 amide bonds. The molecule has 154 valence electrons. The number of rotatable bonds is 8. The molecule has 9 heteroatoms. The molecule has 29 heavy (non-hydrogen) atoms. The van der Waals surface area contributed by atoms with Crippen LogP contribution < -0.4 is 10.1 Å². The molecule has 3 rings (SSSR count). The fraction of sp³-hybridized carbons (Fsp3) is 0.300. The quantitative estimate of drug-likeness (QED) is 0.411. The van der Waals surface area contributed by atoms with Gasteiger partial charge in [0, 0.05) is 18.8 Å². The summed E-state index contributed by atoms with van der Waals surface area (Å²) in [6.45, 7) is 5.33. The smallest absolute Gasteiger partial charge is 0.286 e. The fourth-order valence-electron chi connectivity index (χ4n) is 2.73. The van der Waals surface area contributed by atoms with Gasteiger partial charge in [-0.15, -0.1) is 0 Å². The highest BCUT2D eigenvalue weighted by molar-refractivity contribution is 9.10. The van der Waals surface area contributed by atoms with E-state index in [4.69, 9.17) is 32.4 Å². The van der Waals surface area contributed by atoms with Crippen molar-refractivity contribution in [2.24, 2.45) is 0 Å². The lowest BCUT2D eigenvalue weighted by Gasteiger charge is -2.07. The molecule has 0 aliphatic rings. The van der Waals surface area contributed by atoms with Crippen molar-refractivity contribution < 1.29 is 13.9 Å². The Hall–Kier alpha value is -1.96. The number of aromatic nitrogens is 2. The van der Waals surface area contributed by atoms with Crippen molar-refractivity contribution in [1.82, 2.24) is 15.1 Å². The highest BCUT2D eigenvalue weighted by Gasteiger charge is 2.13. The Bertz CT molecular complexity index is 1020. The van der Waals surface area contributed by atoms with Gasteiger partial charge < -0.3 is 14.5 Å². The van der Waals surface area contributed by atoms with Gasteiger partial charge in [0.25, 0.3) is 5.91 Å². The molecule has 0 atom stereocenters. The highest BCUT2D eigenvalue weighted by Crippen LogP contribution is 2.32. The zero-order valence-electron chi connectivity index (χ0n) is 16.0. The maximum atomic E-state index is 12.3. The number of furan rings is 1. The van der Waals surface area contributed by atoms with E-state index in [0.29, 0.717) is 28.1 Å². The van der Waals surface area contributed by atoms with E-state index in [2.05, 4.69) is 26.3 Å². The first-order chi connectivity index (χ1) is 13.9. The van der Waals surface area contributed by atoms with Gasteiger partial charge in [0.05, 0.1) is 15.2 Å². The van der Waals surface area contributed by atoms with Gasteiger partial charge in [-0.25, -0.2) is 0 Å². The molecule has 2 aromatic heterocycles. The largest absolute Gasteiger partial charge is 0.484 e. The number of ether oxygens (including phenoxy) is 1. The van der Waals surface area contributed by atoms with Crippen molar-refractivity contribution >= 4 is 45.0 Å². The molecule has 0 fully saturated rings. The molecular weight excluding hydrogens is 481 g/mol. The average Bonchev–Trinajstić information content (AvgIpc) is 3.27. The van der Waals surface area contributed by atoms with Crippen molar-refractivity contribution in [2.75, 3.05) is 6.54 Å². The summed E-state index contributed by atoms with van der Waals surface area (Å²) >= 11 is 15.6. The predicted octanol–water partition coefficient (Wildman–Crippen LogP) is 5.56. The van der Waals surface area contributed by atoms with E-state index in [1.807, 2.05) is 18.5 Å². The van der Waals surface area contributed by atoms with Crippen LogP contribution in [0.15, 0.2) is 39.2 Å². The summed E-state index contributed by atoms with van der Waals surface area (Å²) in [4.78, 5) is 12.3. The number of hydrogen-bond donors (Lipinski definition) is 1. The third-order valence-corrected chi connectivity index (χ3v) is 6.25. The third kappa shape index (κ3) is 5.35. The summed E-state index contributed by atoms with van der Waals surface area (Å²) in [7, 11) is 0. The molecule has 0 bridgehead atoms. The minimum atomic E-state index is -0.272. The van der Waals surface area contributed by atoms with E-state index < -0.39 is 0 Å². The van der Waals surface area contributed by atoms with Crippen LogP contribution in [-0.2, 0) is 13.2 Å². The second kappa shape index (κ2) is 9.69. The topological polar surface area (TPSA) is 69.3 Å². The van der Waals surface area contributed by atoms with Crippen LogP contribution in [0.4, 0.5) is 0 Å². The van der Waals surface area contributed by atoms with Crippen molar-refractivity contribution in [3.63, 3.8) is 0 Å². The molecule has 2 heterocycles. The molecule has 0 spiro atoms. The number of aryl methyl sites for hydroxylation is 2. The molecule has 0 aliphatic heterocycles. The van der Waals surface area contributed by atoms with Gasteiger partial charge in [-0.3, -0.25) is 9.48 Å². The monoisotopic (exact) mass is 499 g/mol. The molecule has 0 saturated heterocycles. The standard InChI is InChI=1S/C20H20BrCl2N3O3/c1-12-18(21)13(2)26(25-12)10-4-9-24-20(27)17-8-7-14(29-17)11-28-16-6-3-5-15(22)19(16)23/h3,5-8H,4,9-11H2,1-2H3,(H,24,27). The van der Waals surface area contributed by atoms with Crippen LogP contribution in [0.2, 0.25) is 10.0 Å². The van der Waals surface area contributed by atoms with Gasteiger partial charge in [0.15, 0.2) is 5.76 Å². The Kier molecular flexibility index (Phi) is 7.27. The van der Waals surface area contributed by atoms with Crippen LogP contribution >= 0.6 is 39.1 Å². The summed E-state index contributed by atoms with van der Waals surface area (Å²) < 4.78 is 14.1. The lowest BCUT2D eigenvalue weighted by atomic mass is 10.3. The number of nitrogens with zero attached hydrogens (tertiary/aromatic N) is 2. The molecule has 0 radical (unpaired) electrons. The average molecular weight is 501 g/mol. The first-order valence-electron chi connectivity index (χ1n) is 9.00. The molecule has 1 N–H and O–H groups in total. The zero-order chi connectivity index (χ0) is 21.0. The van der Waals surface area contributed by atoms with E-state index in [-0.39, 0.29) is 18.3 Å². The van der Waals surface area contributed by atoms with Crippen LogP contribution in [0.1, 0.15) is 34.1 Å². The zero-order valence-corrected chi connectivity index (χ0v) is 19.1. The SMILES string of the molecule is Cc1nn(CCCNC(=O)c2ccc(COc3cccc(Cl)c3Cl)o2)c(C)c1Br. The number of carbonyl (C=O) groups excluding carboxylic acids is 1. The number of carbonyl (C=O) groups is 1. The van der Waals surface area contributed by atoms with E-state index in [0.717, 1.165) is 28.8 Å². The van der Waals surface area contributed by atoms with E-state index in [9.17, 15) is 4.79 Å². The van der Waals surface area contributed by atoms with Crippen LogP contribution in [-0.4, -0.2) is 22.2 Å². The van der Waals surface area contributed by atoms with E-state index in [1.54, 1.807) is 30.3 Å². The minimum Gasteiger partial charge on any atom is -0.484 e. The maximum absolute atomic E-state index is 12.3. The summed E-state index contributed by atoms with van der Waals surface area (Å²) in [5.74, 6) is 0.928. The van der Waals surface area contributed by atoms with Crippen molar-refractivity contribution in [1.29, 1.82) is 0 Å². The molecule has 0 aliphatic carbocycles. The van der Waals surface area contributed by atoms with Crippen molar-refractivity contribution in [3.8, 4) is 5.75 Å². The second-order valence-electron chi connectivity index (χ2n) is 6.42. The molecule has 6 nitrogen and oxygen atoms in total.